The number of hydrogen-bond acceptors (Lipinski definition) is 2. The molecule has 0 saturated carbocycles. The first-order valence-electron chi connectivity index (χ1n) is 7.69. The molecular formula is C17H30N2. The SMILES string of the molecule is CCCCN(C)C(C)C(NCCC)c1ccccc1. The quantitative estimate of drug-likeness (QED) is 0.727. The highest BCUT2D eigenvalue weighted by Crippen LogP contribution is 2.20. The minimum absolute atomic E-state index is 0.419. The lowest BCUT2D eigenvalue weighted by Gasteiger charge is -2.33. The van der Waals surface area contributed by atoms with Crippen LogP contribution in [0.5, 0.6) is 0 Å². The van der Waals surface area contributed by atoms with Gasteiger partial charge in [-0.3, -0.25) is 0 Å². The third-order valence-electron chi connectivity index (χ3n) is 3.81. The van der Waals surface area contributed by atoms with Gasteiger partial charge in [-0.25, -0.2) is 0 Å². The average Bonchev–Trinajstić information content (AvgIpc) is 2.46. The highest BCUT2D eigenvalue weighted by atomic mass is 15.2. The van der Waals surface area contributed by atoms with E-state index in [2.05, 4.69) is 68.4 Å². The highest BCUT2D eigenvalue weighted by molar-refractivity contribution is 5.20. The van der Waals surface area contributed by atoms with Crippen LogP contribution in [0.15, 0.2) is 30.3 Å². The van der Waals surface area contributed by atoms with E-state index in [4.69, 9.17) is 0 Å². The fourth-order valence-corrected chi connectivity index (χ4v) is 2.39. The van der Waals surface area contributed by atoms with Gasteiger partial charge in [0.15, 0.2) is 0 Å². The molecule has 0 aliphatic rings. The predicted molar refractivity (Wildman–Crippen MR) is 84.5 cm³/mol. The summed E-state index contributed by atoms with van der Waals surface area (Å²) in [6.07, 6.45) is 3.71. The largest absolute Gasteiger partial charge is 0.309 e. The van der Waals surface area contributed by atoms with Gasteiger partial charge in [0.05, 0.1) is 0 Å². The smallest absolute Gasteiger partial charge is 0.0475 e. The molecule has 0 fully saturated rings. The first-order chi connectivity index (χ1) is 9.20. The third-order valence-corrected chi connectivity index (χ3v) is 3.81. The van der Waals surface area contributed by atoms with Gasteiger partial charge in [0.25, 0.3) is 0 Å². The number of likely N-dealkylation sites (N-methyl/N-ethyl adjacent to an activating group) is 1. The zero-order chi connectivity index (χ0) is 14.1. The summed E-state index contributed by atoms with van der Waals surface area (Å²) in [5, 5.41) is 3.70. The maximum atomic E-state index is 3.70. The maximum Gasteiger partial charge on any atom is 0.0475 e. The van der Waals surface area contributed by atoms with Gasteiger partial charge in [0.1, 0.15) is 0 Å². The van der Waals surface area contributed by atoms with Crippen molar-refractivity contribution in [3.8, 4) is 0 Å². The minimum atomic E-state index is 0.419. The highest BCUT2D eigenvalue weighted by Gasteiger charge is 2.21. The van der Waals surface area contributed by atoms with Gasteiger partial charge in [-0.1, -0.05) is 50.6 Å². The number of nitrogens with one attached hydrogen (secondary N) is 1. The van der Waals surface area contributed by atoms with E-state index < -0.39 is 0 Å². The Kier molecular flexibility index (Phi) is 7.76. The Morgan fingerprint density at radius 3 is 2.37 bits per heavy atom. The molecule has 1 aromatic rings. The zero-order valence-electron chi connectivity index (χ0n) is 13.0. The van der Waals surface area contributed by atoms with E-state index in [0.717, 1.165) is 6.54 Å². The predicted octanol–water partition coefficient (Wildman–Crippen LogP) is 3.85. The van der Waals surface area contributed by atoms with Crippen molar-refractivity contribution in [1.82, 2.24) is 10.2 Å². The monoisotopic (exact) mass is 262 g/mol. The van der Waals surface area contributed by atoms with Gasteiger partial charge in [-0.05, 0) is 45.5 Å². The molecule has 0 heterocycles. The zero-order valence-corrected chi connectivity index (χ0v) is 13.0. The lowest BCUT2D eigenvalue weighted by atomic mass is 9.99. The van der Waals surface area contributed by atoms with Crippen LogP contribution in [0.4, 0.5) is 0 Å². The molecule has 0 spiro atoms. The summed E-state index contributed by atoms with van der Waals surface area (Å²) in [5.74, 6) is 0. The summed E-state index contributed by atoms with van der Waals surface area (Å²) in [4.78, 5) is 2.48. The first-order valence-corrected chi connectivity index (χ1v) is 7.69. The van der Waals surface area contributed by atoms with Crippen LogP contribution in [0, 0.1) is 0 Å². The van der Waals surface area contributed by atoms with Crippen LogP contribution >= 0.6 is 0 Å². The molecular weight excluding hydrogens is 232 g/mol. The van der Waals surface area contributed by atoms with Crippen molar-refractivity contribution in [2.75, 3.05) is 20.1 Å². The van der Waals surface area contributed by atoms with E-state index in [-0.39, 0.29) is 0 Å². The molecule has 19 heavy (non-hydrogen) atoms. The van der Waals surface area contributed by atoms with Crippen molar-refractivity contribution in [1.29, 1.82) is 0 Å². The summed E-state index contributed by atoms with van der Waals surface area (Å²) < 4.78 is 0. The summed E-state index contributed by atoms with van der Waals surface area (Å²) in [7, 11) is 2.24. The molecule has 1 N–H and O–H groups in total. The normalized spacial score (nSPS) is 14.6. The number of hydrogen-bond donors (Lipinski definition) is 1. The Labute approximate surface area is 119 Å². The lowest BCUT2D eigenvalue weighted by molar-refractivity contribution is 0.204. The molecule has 2 nitrogen and oxygen atoms in total. The second kappa shape index (κ2) is 9.11. The van der Waals surface area contributed by atoms with Crippen LogP contribution in [0.2, 0.25) is 0 Å². The van der Waals surface area contributed by atoms with Crippen molar-refractivity contribution in [2.24, 2.45) is 0 Å². The molecule has 1 rings (SSSR count). The van der Waals surface area contributed by atoms with Crippen LogP contribution in [0.3, 0.4) is 0 Å². The Balaban J connectivity index is 2.72. The summed E-state index contributed by atoms with van der Waals surface area (Å²) in [6.45, 7) is 9.05. The second-order valence-corrected chi connectivity index (χ2v) is 5.42. The van der Waals surface area contributed by atoms with E-state index in [0.29, 0.717) is 12.1 Å². The van der Waals surface area contributed by atoms with Gasteiger partial charge in [0, 0.05) is 12.1 Å². The standard InChI is InChI=1S/C17H30N2/c1-5-7-14-19(4)15(3)17(18-13-6-2)16-11-9-8-10-12-16/h8-12,15,17-18H,5-7,13-14H2,1-4H3. The van der Waals surface area contributed by atoms with E-state index in [9.17, 15) is 0 Å². The Morgan fingerprint density at radius 2 is 1.79 bits per heavy atom. The molecule has 0 aliphatic carbocycles. The lowest BCUT2D eigenvalue weighted by Crippen LogP contribution is -2.41. The molecule has 0 bridgehead atoms. The van der Waals surface area contributed by atoms with Crippen LogP contribution in [0.25, 0.3) is 0 Å². The van der Waals surface area contributed by atoms with Crippen molar-refractivity contribution < 1.29 is 0 Å². The van der Waals surface area contributed by atoms with Gasteiger partial charge in [-0.2, -0.15) is 0 Å². The molecule has 0 aromatic heterocycles. The van der Waals surface area contributed by atoms with Crippen LogP contribution in [-0.2, 0) is 0 Å². The van der Waals surface area contributed by atoms with E-state index in [1.165, 1.54) is 31.4 Å². The van der Waals surface area contributed by atoms with Gasteiger partial charge < -0.3 is 10.2 Å². The van der Waals surface area contributed by atoms with Crippen molar-refractivity contribution >= 4 is 0 Å². The van der Waals surface area contributed by atoms with Crippen LogP contribution in [-0.4, -0.2) is 31.1 Å². The molecule has 108 valence electrons. The summed E-state index contributed by atoms with van der Waals surface area (Å²) in [5.41, 5.74) is 1.40. The van der Waals surface area contributed by atoms with Gasteiger partial charge >= 0.3 is 0 Å². The molecule has 2 heteroatoms. The Bertz CT molecular complexity index is 323. The molecule has 2 unspecified atom stereocenters. The Hall–Kier alpha value is -0.860. The van der Waals surface area contributed by atoms with Crippen LogP contribution < -0.4 is 5.32 Å². The van der Waals surface area contributed by atoms with Gasteiger partial charge in [-0.15, -0.1) is 0 Å². The first kappa shape index (κ1) is 16.2. The number of unbranched alkanes of at least 4 members (excludes halogenated alkanes) is 1. The molecule has 2 atom stereocenters. The topological polar surface area (TPSA) is 15.3 Å². The fourth-order valence-electron chi connectivity index (χ4n) is 2.39. The van der Waals surface area contributed by atoms with E-state index >= 15 is 0 Å². The Morgan fingerprint density at radius 1 is 1.11 bits per heavy atom. The van der Waals surface area contributed by atoms with E-state index in [1.54, 1.807) is 0 Å². The van der Waals surface area contributed by atoms with Crippen LogP contribution in [0.1, 0.15) is 51.6 Å². The number of rotatable bonds is 9. The fraction of sp³-hybridized carbons (Fsp3) is 0.647. The van der Waals surface area contributed by atoms with Gasteiger partial charge in [0.2, 0.25) is 0 Å². The third kappa shape index (κ3) is 5.33. The van der Waals surface area contributed by atoms with Crippen molar-refractivity contribution in [3.05, 3.63) is 35.9 Å². The summed E-state index contributed by atoms with van der Waals surface area (Å²) >= 11 is 0. The number of benzene rings is 1. The van der Waals surface area contributed by atoms with E-state index in [1.807, 2.05) is 0 Å². The molecule has 0 aliphatic heterocycles. The molecule has 0 saturated heterocycles. The maximum absolute atomic E-state index is 3.70. The summed E-state index contributed by atoms with van der Waals surface area (Å²) in [6, 6.07) is 11.8. The van der Waals surface area contributed by atoms with Crippen molar-refractivity contribution in [3.63, 3.8) is 0 Å². The number of nitrogens with zero attached hydrogens (tertiary/aromatic N) is 1. The second-order valence-electron chi connectivity index (χ2n) is 5.42. The molecule has 0 amide bonds. The molecule has 1 aromatic carbocycles. The molecule has 0 radical (unpaired) electrons. The average molecular weight is 262 g/mol. The minimum Gasteiger partial charge on any atom is -0.309 e. The van der Waals surface area contributed by atoms with Crippen molar-refractivity contribution in [2.45, 2.75) is 52.1 Å².